The summed E-state index contributed by atoms with van der Waals surface area (Å²) in [5.41, 5.74) is 9.01. The van der Waals surface area contributed by atoms with Crippen molar-refractivity contribution in [1.82, 2.24) is 9.55 Å². The van der Waals surface area contributed by atoms with E-state index in [0.717, 1.165) is 29.0 Å². The van der Waals surface area contributed by atoms with E-state index in [9.17, 15) is 0 Å². The maximum absolute atomic E-state index is 5.80. The van der Waals surface area contributed by atoms with Crippen molar-refractivity contribution < 1.29 is 0 Å². The molecule has 3 heteroatoms. The molecule has 0 atom stereocenters. The quantitative estimate of drug-likeness (QED) is 0.834. The van der Waals surface area contributed by atoms with Crippen LogP contribution >= 0.6 is 0 Å². The van der Waals surface area contributed by atoms with Gasteiger partial charge in [-0.3, -0.25) is 4.57 Å². The second kappa shape index (κ2) is 5.65. The molecule has 0 amide bonds. The number of benzene rings is 1. The monoisotopic (exact) mass is 241 g/mol. The van der Waals surface area contributed by atoms with Gasteiger partial charge in [-0.2, -0.15) is 0 Å². The Bertz CT molecular complexity index is 591. The number of hydrogen-bond acceptors (Lipinski definition) is 2. The number of fused-ring (bicyclic) bond motifs is 1. The lowest BCUT2D eigenvalue weighted by Crippen LogP contribution is -2.07. The molecule has 2 aromatic rings. The van der Waals surface area contributed by atoms with E-state index in [0.29, 0.717) is 6.54 Å². The van der Waals surface area contributed by atoms with Crippen LogP contribution in [0.25, 0.3) is 16.7 Å². The first kappa shape index (κ1) is 12.6. The Hall–Kier alpha value is -1.87. The minimum atomic E-state index is 0.436. The zero-order valence-electron chi connectivity index (χ0n) is 10.9. The highest BCUT2D eigenvalue weighted by Gasteiger charge is 2.10. The molecule has 18 heavy (non-hydrogen) atoms. The molecule has 0 saturated heterocycles. The Morgan fingerprint density at radius 2 is 2.17 bits per heavy atom. The van der Waals surface area contributed by atoms with Crippen LogP contribution in [0.4, 0.5) is 0 Å². The molecule has 0 bridgehead atoms. The molecule has 3 nitrogen and oxygen atoms in total. The Labute approximate surface area is 108 Å². The van der Waals surface area contributed by atoms with Gasteiger partial charge in [0.2, 0.25) is 0 Å². The summed E-state index contributed by atoms with van der Waals surface area (Å²) in [6, 6.07) is 8.11. The van der Waals surface area contributed by atoms with E-state index < -0.39 is 0 Å². The van der Waals surface area contributed by atoms with Gasteiger partial charge in [0.25, 0.3) is 0 Å². The van der Waals surface area contributed by atoms with Gasteiger partial charge in [0.15, 0.2) is 0 Å². The van der Waals surface area contributed by atoms with Crippen molar-refractivity contribution in [2.24, 2.45) is 5.73 Å². The molecule has 0 spiro atoms. The van der Waals surface area contributed by atoms with Gasteiger partial charge in [0.05, 0.1) is 17.6 Å². The van der Waals surface area contributed by atoms with E-state index in [1.807, 2.05) is 25.1 Å². The van der Waals surface area contributed by atoms with Gasteiger partial charge >= 0.3 is 0 Å². The largest absolute Gasteiger partial charge is 0.324 e. The second-order valence-corrected chi connectivity index (χ2v) is 4.08. The predicted octanol–water partition coefficient (Wildman–Crippen LogP) is 3.32. The molecule has 94 valence electrons. The van der Waals surface area contributed by atoms with E-state index >= 15 is 0 Å². The average molecular weight is 241 g/mol. The molecule has 0 fully saturated rings. The van der Waals surface area contributed by atoms with Crippen molar-refractivity contribution in [3.63, 3.8) is 0 Å². The fourth-order valence-corrected chi connectivity index (χ4v) is 2.04. The first-order valence-corrected chi connectivity index (χ1v) is 6.31. The Morgan fingerprint density at radius 3 is 2.83 bits per heavy atom. The number of para-hydroxylation sites is 2. The first-order chi connectivity index (χ1) is 8.81. The van der Waals surface area contributed by atoms with Crippen LogP contribution < -0.4 is 5.73 Å². The summed E-state index contributed by atoms with van der Waals surface area (Å²) in [5.74, 6) is 0.894. The second-order valence-electron chi connectivity index (χ2n) is 4.08. The van der Waals surface area contributed by atoms with E-state index in [1.165, 1.54) is 0 Å². The Balaban J connectivity index is 2.63. The minimum absolute atomic E-state index is 0.436. The van der Waals surface area contributed by atoms with E-state index in [-0.39, 0.29) is 0 Å². The van der Waals surface area contributed by atoms with E-state index in [2.05, 4.69) is 40.8 Å². The van der Waals surface area contributed by atoms with Crippen LogP contribution in [0, 0.1) is 0 Å². The summed E-state index contributed by atoms with van der Waals surface area (Å²) < 4.78 is 2.13. The molecule has 2 N–H and O–H groups in total. The maximum Gasteiger partial charge on any atom is 0.128 e. The summed E-state index contributed by atoms with van der Waals surface area (Å²) in [5, 5.41) is 0. The molecule has 1 aromatic carbocycles. The normalized spacial score (nSPS) is 12.7. The van der Waals surface area contributed by atoms with E-state index in [4.69, 9.17) is 5.73 Å². The van der Waals surface area contributed by atoms with Crippen molar-refractivity contribution >= 4 is 16.7 Å². The predicted molar refractivity (Wildman–Crippen MR) is 77.0 cm³/mol. The van der Waals surface area contributed by atoms with Gasteiger partial charge in [-0.25, -0.2) is 4.98 Å². The lowest BCUT2D eigenvalue weighted by atomic mass is 10.2. The molecule has 0 unspecified atom stereocenters. The SMILES string of the molecule is C/C=C(\C=C/CC)n1c(CN)nc2ccccc21. The average Bonchev–Trinajstić information content (AvgIpc) is 2.79. The summed E-state index contributed by atoms with van der Waals surface area (Å²) in [6.07, 6.45) is 7.36. The highest BCUT2D eigenvalue weighted by molar-refractivity contribution is 5.81. The topological polar surface area (TPSA) is 43.8 Å². The van der Waals surface area contributed by atoms with Crippen LogP contribution in [-0.4, -0.2) is 9.55 Å². The lowest BCUT2D eigenvalue weighted by molar-refractivity contribution is 0.895. The molecule has 1 aromatic heterocycles. The van der Waals surface area contributed by atoms with Gasteiger partial charge in [0, 0.05) is 5.70 Å². The van der Waals surface area contributed by atoms with Crippen LogP contribution in [0.2, 0.25) is 0 Å². The molecule has 0 aliphatic heterocycles. The summed E-state index contributed by atoms with van der Waals surface area (Å²) in [4.78, 5) is 4.57. The van der Waals surface area contributed by atoms with Crippen LogP contribution in [0.15, 0.2) is 42.5 Å². The van der Waals surface area contributed by atoms with Gasteiger partial charge in [0.1, 0.15) is 5.82 Å². The third-order valence-electron chi connectivity index (χ3n) is 2.89. The van der Waals surface area contributed by atoms with Gasteiger partial charge in [-0.15, -0.1) is 0 Å². The smallest absolute Gasteiger partial charge is 0.128 e. The first-order valence-electron chi connectivity index (χ1n) is 6.31. The molecular weight excluding hydrogens is 222 g/mol. The number of nitrogens with zero attached hydrogens (tertiary/aromatic N) is 2. The molecule has 0 radical (unpaired) electrons. The molecule has 0 saturated carbocycles. The number of nitrogens with two attached hydrogens (primary N) is 1. The number of aromatic nitrogens is 2. The summed E-state index contributed by atoms with van der Waals surface area (Å²) in [6.45, 7) is 4.59. The third-order valence-corrected chi connectivity index (χ3v) is 2.89. The summed E-state index contributed by atoms with van der Waals surface area (Å²) in [7, 11) is 0. The van der Waals surface area contributed by atoms with Crippen molar-refractivity contribution in [2.75, 3.05) is 0 Å². The summed E-state index contributed by atoms with van der Waals surface area (Å²) >= 11 is 0. The fraction of sp³-hybridized carbons (Fsp3) is 0.267. The number of rotatable bonds is 4. The van der Waals surface area contributed by atoms with Crippen LogP contribution in [0.3, 0.4) is 0 Å². The van der Waals surface area contributed by atoms with Crippen molar-refractivity contribution in [3.8, 4) is 0 Å². The van der Waals surface area contributed by atoms with Crippen LogP contribution in [0.5, 0.6) is 0 Å². The lowest BCUT2D eigenvalue weighted by Gasteiger charge is -2.08. The van der Waals surface area contributed by atoms with Gasteiger partial charge in [-0.1, -0.05) is 31.2 Å². The molecule has 1 heterocycles. The third kappa shape index (κ3) is 2.22. The highest BCUT2D eigenvalue weighted by atomic mass is 15.1. The molecule has 2 rings (SSSR count). The Kier molecular flexibility index (Phi) is 3.95. The van der Waals surface area contributed by atoms with Crippen molar-refractivity contribution in [3.05, 3.63) is 48.3 Å². The standard InChI is InChI=1S/C15H19N3/c1-3-5-8-12(4-2)18-14-10-7-6-9-13(14)17-15(18)11-16/h4-10H,3,11,16H2,1-2H3/b8-5-,12-4+. The Morgan fingerprint density at radius 1 is 1.39 bits per heavy atom. The number of allylic oxidation sites excluding steroid dienone is 4. The number of hydrogen-bond donors (Lipinski definition) is 1. The van der Waals surface area contributed by atoms with Crippen LogP contribution in [0.1, 0.15) is 26.1 Å². The highest BCUT2D eigenvalue weighted by Crippen LogP contribution is 2.21. The zero-order valence-corrected chi connectivity index (χ0v) is 10.9. The minimum Gasteiger partial charge on any atom is -0.324 e. The van der Waals surface area contributed by atoms with Crippen molar-refractivity contribution in [1.29, 1.82) is 0 Å². The van der Waals surface area contributed by atoms with Gasteiger partial charge in [-0.05, 0) is 31.6 Å². The molecule has 0 aliphatic rings. The number of imidazole rings is 1. The van der Waals surface area contributed by atoms with E-state index in [1.54, 1.807) is 0 Å². The van der Waals surface area contributed by atoms with Crippen LogP contribution in [-0.2, 0) is 6.54 Å². The van der Waals surface area contributed by atoms with Crippen molar-refractivity contribution in [2.45, 2.75) is 26.8 Å². The molecule has 0 aliphatic carbocycles. The fourth-order valence-electron chi connectivity index (χ4n) is 2.04. The zero-order chi connectivity index (χ0) is 13.0. The molecular formula is C15H19N3. The van der Waals surface area contributed by atoms with Gasteiger partial charge < -0.3 is 5.73 Å². The maximum atomic E-state index is 5.80.